The normalized spacial score (nSPS) is 15.3. The van der Waals surface area contributed by atoms with Crippen LogP contribution in [-0.2, 0) is 16.1 Å². The van der Waals surface area contributed by atoms with E-state index in [-0.39, 0.29) is 12.2 Å². The van der Waals surface area contributed by atoms with Crippen molar-refractivity contribution in [2.24, 2.45) is 5.10 Å². The van der Waals surface area contributed by atoms with E-state index in [0.717, 1.165) is 5.56 Å². The molecule has 1 aliphatic heterocycles. The second-order valence-electron chi connectivity index (χ2n) is 9.51. The average molecular weight is 644 g/mol. The predicted molar refractivity (Wildman–Crippen MR) is 166 cm³/mol. The van der Waals surface area contributed by atoms with Crippen LogP contribution >= 0.6 is 23.2 Å². The number of nitrogens with zero attached hydrogens (tertiary/aromatic N) is 1. The van der Waals surface area contributed by atoms with Gasteiger partial charge in [-0.3, -0.25) is 5.43 Å². The van der Waals surface area contributed by atoms with Crippen LogP contribution in [0.1, 0.15) is 36.6 Å². The SMILES string of the molecule is CCOc1cc([C@H]2NC(=O)NC(C)=C2C(=O)OC)ccc1OC[C@H](O)N/N=C/c1cc(Cl)ccc1OCc1ccc(Cl)cc1. The Balaban J connectivity index is 1.40. The van der Waals surface area contributed by atoms with Crippen LogP contribution in [0.15, 0.2) is 77.0 Å². The third kappa shape index (κ3) is 8.56. The fourth-order valence-corrected chi connectivity index (χ4v) is 4.61. The molecule has 0 radical (unpaired) electrons. The fourth-order valence-electron chi connectivity index (χ4n) is 4.31. The summed E-state index contributed by atoms with van der Waals surface area (Å²) in [6.45, 7) is 3.89. The van der Waals surface area contributed by atoms with Crippen LogP contribution in [-0.4, -0.2) is 49.9 Å². The summed E-state index contributed by atoms with van der Waals surface area (Å²) < 4.78 is 22.4. The first-order valence-electron chi connectivity index (χ1n) is 13.6. The van der Waals surface area contributed by atoms with Gasteiger partial charge in [0.25, 0.3) is 0 Å². The van der Waals surface area contributed by atoms with Crippen molar-refractivity contribution in [3.63, 3.8) is 0 Å². The van der Waals surface area contributed by atoms with Gasteiger partial charge in [-0.15, -0.1) is 0 Å². The van der Waals surface area contributed by atoms with Crippen molar-refractivity contribution in [1.82, 2.24) is 16.1 Å². The molecular formula is C31H32Cl2N4O7. The van der Waals surface area contributed by atoms with Gasteiger partial charge in [-0.25, -0.2) is 9.59 Å². The van der Waals surface area contributed by atoms with Gasteiger partial charge in [0.1, 0.15) is 19.0 Å². The van der Waals surface area contributed by atoms with Crippen molar-refractivity contribution in [2.75, 3.05) is 20.3 Å². The number of ether oxygens (including phenoxy) is 4. The number of aliphatic hydroxyl groups excluding tert-OH is 1. The molecule has 0 fully saturated rings. The number of carbonyl (C=O) groups excluding carboxylic acids is 2. The lowest BCUT2D eigenvalue weighted by Gasteiger charge is -2.28. The molecule has 2 amide bonds. The Morgan fingerprint density at radius 1 is 1.02 bits per heavy atom. The Kier molecular flexibility index (Phi) is 11.3. The van der Waals surface area contributed by atoms with Crippen molar-refractivity contribution < 1.29 is 33.6 Å². The van der Waals surface area contributed by atoms with Crippen LogP contribution in [0.4, 0.5) is 4.79 Å². The average Bonchev–Trinajstić information content (AvgIpc) is 3.00. The Hall–Kier alpha value is -4.45. The summed E-state index contributed by atoms with van der Waals surface area (Å²) in [5.74, 6) is 0.670. The largest absolute Gasteiger partial charge is 0.490 e. The minimum atomic E-state index is -1.18. The summed E-state index contributed by atoms with van der Waals surface area (Å²) in [5, 5.41) is 21.0. The molecule has 232 valence electrons. The molecule has 3 aromatic carbocycles. The van der Waals surface area contributed by atoms with Crippen molar-refractivity contribution in [3.05, 3.63) is 98.7 Å². The topological polar surface area (TPSA) is 140 Å². The van der Waals surface area contributed by atoms with Gasteiger partial charge in [-0.2, -0.15) is 5.10 Å². The van der Waals surface area contributed by atoms with Crippen LogP contribution in [0.5, 0.6) is 17.2 Å². The van der Waals surface area contributed by atoms with E-state index in [9.17, 15) is 14.7 Å². The van der Waals surface area contributed by atoms with Gasteiger partial charge in [0.2, 0.25) is 0 Å². The maximum atomic E-state index is 12.4. The van der Waals surface area contributed by atoms with Crippen molar-refractivity contribution in [1.29, 1.82) is 0 Å². The van der Waals surface area contributed by atoms with E-state index in [2.05, 4.69) is 21.2 Å². The monoisotopic (exact) mass is 642 g/mol. The summed E-state index contributed by atoms with van der Waals surface area (Å²) in [6, 6.07) is 16.2. The number of allylic oxidation sites excluding steroid dienone is 1. The first-order chi connectivity index (χ1) is 21.2. The van der Waals surface area contributed by atoms with Gasteiger partial charge in [0.15, 0.2) is 17.7 Å². The Morgan fingerprint density at radius 3 is 2.48 bits per heavy atom. The minimum Gasteiger partial charge on any atom is -0.490 e. The summed E-state index contributed by atoms with van der Waals surface area (Å²) in [5.41, 5.74) is 5.38. The minimum absolute atomic E-state index is 0.178. The van der Waals surface area contributed by atoms with Crippen LogP contribution < -0.4 is 30.3 Å². The molecule has 0 saturated carbocycles. The molecule has 11 nitrogen and oxygen atoms in total. The smallest absolute Gasteiger partial charge is 0.337 e. The number of aliphatic hydroxyl groups is 1. The number of benzene rings is 3. The van der Waals surface area contributed by atoms with E-state index in [0.29, 0.717) is 57.3 Å². The molecule has 0 aromatic heterocycles. The number of rotatable bonds is 13. The van der Waals surface area contributed by atoms with Gasteiger partial charge in [-0.05, 0) is 67.4 Å². The van der Waals surface area contributed by atoms with Crippen LogP contribution in [0, 0.1) is 0 Å². The van der Waals surface area contributed by atoms with Crippen molar-refractivity contribution >= 4 is 41.4 Å². The van der Waals surface area contributed by atoms with Gasteiger partial charge >= 0.3 is 12.0 Å². The Morgan fingerprint density at radius 2 is 1.75 bits per heavy atom. The molecule has 0 bridgehead atoms. The fraction of sp³-hybridized carbons (Fsp3) is 0.258. The summed E-state index contributed by atoms with van der Waals surface area (Å²) in [6.07, 6.45) is 0.298. The summed E-state index contributed by atoms with van der Waals surface area (Å²) in [7, 11) is 1.27. The van der Waals surface area contributed by atoms with Crippen LogP contribution in [0.25, 0.3) is 0 Å². The molecular weight excluding hydrogens is 611 g/mol. The van der Waals surface area contributed by atoms with E-state index >= 15 is 0 Å². The summed E-state index contributed by atoms with van der Waals surface area (Å²) in [4.78, 5) is 24.6. The molecule has 44 heavy (non-hydrogen) atoms. The first kappa shape index (κ1) is 32.5. The maximum absolute atomic E-state index is 12.4. The maximum Gasteiger partial charge on any atom is 0.337 e. The lowest BCUT2D eigenvalue weighted by molar-refractivity contribution is -0.136. The Bertz CT molecular complexity index is 1550. The van der Waals surface area contributed by atoms with Gasteiger partial charge in [-0.1, -0.05) is 41.4 Å². The van der Waals surface area contributed by atoms with Gasteiger partial charge in [0, 0.05) is 21.3 Å². The molecule has 0 aliphatic carbocycles. The lowest BCUT2D eigenvalue weighted by atomic mass is 9.95. The summed E-state index contributed by atoms with van der Waals surface area (Å²) >= 11 is 12.1. The number of halogens is 2. The quantitative estimate of drug-likeness (QED) is 0.0875. The first-order valence-corrected chi connectivity index (χ1v) is 14.3. The second-order valence-corrected chi connectivity index (χ2v) is 10.4. The van der Waals surface area contributed by atoms with Gasteiger partial charge < -0.3 is 34.7 Å². The molecule has 0 spiro atoms. The highest BCUT2D eigenvalue weighted by Crippen LogP contribution is 2.35. The molecule has 0 unspecified atom stereocenters. The number of hydrazone groups is 1. The highest BCUT2D eigenvalue weighted by atomic mass is 35.5. The zero-order valence-corrected chi connectivity index (χ0v) is 25.7. The van der Waals surface area contributed by atoms with Crippen molar-refractivity contribution in [2.45, 2.75) is 32.7 Å². The number of urea groups is 1. The molecule has 0 saturated heterocycles. The molecule has 1 aliphatic rings. The number of nitrogens with one attached hydrogen (secondary N) is 3. The molecule has 4 rings (SSSR count). The number of hydrogen-bond donors (Lipinski definition) is 4. The number of carbonyl (C=O) groups is 2. The molecule has 13 heteroatoms. The number of hydrogen-bond acceptors (Lipinski definition) is 9. The van der Waals surface area contributed by atoms with E-state index in [1.54, 1.807) is 62.4 Å². The number of amides is 2. The predicted octanol–water partition coefficient (Wildman–Crippen LogP) is 5.09. The highest BCUT2D eigenvalue weighted by Gasteiger charge is 2.32. The number of esters is 1. The van der Waals surface area contributed by atoms with Crippen LogP contribution in [0.3, 0.4) is 0 Å². The second kappa shape index (κ2) is 15.3. The zero-order valence-electron chi connectivity index (χ0n) is 24.2. The molecule has 1 heterocycles. The third-order valence-electron chi connectivity index (χ3n) is 6.38. The zero-order chi connectivity index (χ0) is 31.6. The molecule has 2 atom stereocenters. The molecule has 3 aromatic rings. The highest BCUT2D eigenvalue weighted by molar-refractivity contribution is 6.31. The van der Waals surface area contributed by atoms with E-state index in [1.807, 2.05) is 12.1 Å². The lowest BCUT2D eigenvalue weighted by Crippen LogP contribution is -2.45. The van der Waals surface area contributed by atoms with E-state index < -0.39 is 24.3 Å². The standard InChI is InChI=1S/C31H32Cl2N4O7/c1-4-42-26-14-20(29-28(30(39)41-3)18(2)35-31(40)36-29)7-11-25(26)44-17-27(38)37-34-15-21-13-23(33)10-12-24(21)43-16-19-5-8-22(32)9-6-19/h5-15,27,29,37-38H,4,16-17H2,1-3H3,(H2,35,36,40)/b34-15+/t27-,29+/m0/s1. The molecule has 4 N–H and O–H groups in total. The van der Waals surface area contributed by atoms with Crippen LogP contribution in [0.2, 0.25) is 10.0 Å². The van der Waals surface area contributed by atoms with Crippen molar-refractivity contribution in [3.8, 4) is 17.2 Å². The Labute approximate surface area is 264 Å². The number of methoxy groups -OCH3 is 1. The van der Waals surface area contributed by atoms with Gasteiger partial charge in [0.05, 0.1) is 31.5 Å². The van der Waals surface area contributed by atoms with E-state index in [1.165, 1.54) is 13.3 Å². The van der Waals surface area contributed by atoms with E-state index in [4.69, 9.17) is 42.1 Å². The third-order valence-corrected chi connectivity index (χ3v) is 6.87.